The molecule has 1 aromatic carbocycles. The topological polar surface area (TPSA) is 38.3 Å². The highest BCUT2D eigenvalue weighted by atomic mass is 32.1. The fourth-order valence-corrected chi connectivity index (χ4v) is 2.18. The van der Waals surface area contributed by atoms with Gasteiger partial charge in [-0.2, -0.15) is 11.3 Å². The van der Waals surface area contributed by atoms with Gasteiger partial charge in [-0.1, -0.05) is 18.2 Å². The highest BCUT2D eigenvalue weighted by molar-refractivity contribution is 7.08. The van der Waals surface area contributed by atoms with Gasteiger partial charge in [0.05, 0.1) is 0 Å². The second kappa shape index (κ2) is 5.96. The lowest BCUT2D eigenvalue weighted by molar-refractivity contribution is -0.274. The number of rotatable bonds is 4. The van der Waals surface area contributed by atoms with Crippen molar-refractivity contribution in [3.05, 3.63) is 52.2 Å². The van der Waals surface area contributed by atoms with Crippen molar-refractivity contribution in [2.75, 3.05) is 0 Å². The zero-order chi connectivity index (χ0) is 14.6. The van der Waals surface area contributed by atoms with E-state index in [9.17, 15) is 18.0 Å². The molecule has 0 aliphatic heterocycles. The molecule has 0 unspecified atom stereocenters. The lowest BCUT2D eigenvalue weighted by atomic mass is 10.2. The molecule has 0 saturated heterocycles. The standard InChI is InChI=1S/C13H10F3NO2S/c14-13(15,16)19-11-4-2-1-3-9(11)7-17-12(18)10-5-6-20-8-10/h1-6,8H,7H2,(H,17,18). The normalized spacial score (nSPS) is 11.2. The molecule has 0 fully saturated rings. The van der Waals surface area contributed by atoms with Gasteiger partial charge in [0.1, 0.15) is 5.75 Å². The van der Waals surface area contributed by atoms with Crippen LogP contribution in [0, 0.1) is 0 Å². The highest BCUT2D eigenvalue weighted by Gasteiger charge is 2.31. The molecule has 0 aliphatic rings. The Morgan fingerprint density at radius 3 is 2.65 bits per heavy atom. The largest absolute Gasteiger partial charge is 0.573 e. The van der Waals surface area contributed by atoms with Crippen LogP contribution in [0.5, 0.6) is 5.75 Å². The number of ether oxygens (including phenoxy) is 1. The third kappa shape index (κ3) is 3.99. The lowest BCUT2D eigenvalue weighted by Crippen LogP contribution is -2.24. The maximum absolute atomic E-state index is 12.2. The van der Waals surface area contributed by atoms with Crippen LogP contribution in [0.4, 0.5) is 13.2 Å². The van der Waals surface area contributed by atoms with E-state index in [1.54, 1.807) is 22.9 Å². The summed E-state index contributed by atoms with van der Waals surface area (Å²) in [5.41, 5.74) is 0.734. The number of alkyl halides is 3. The Morgan fingerprint density at radius 2 is 2.00 bits per heavy atom. The van der Waals surface area contributed by atoms with Crippen LogP contribution in [0.25, 0.3) is 0 Å². The van der Waals surface area contributed by atoms with Crippen LogP contribution in [-0.2, 0) is 6.54 Å². The number of nitrogens with one attached hydrogen (secondary N) is 1. The predicted octanol–water partition coefficient (Wildman–Crippen LogP) is 3.58. The first-order valence-electron chi connectivity index (χ1n) is 5.60. The van der Waals surface area contributed by atoms with E-state index in [1.807, 2.05) is 0 Å². The molecule has 0 spiro atoms. The molecule has 1 aromatic heterocycles. The molecule has 1 heterocycles. The second-order valence-corrected chi connectivity index (χ2v) is 4.63. The molecule has 0 aliphatic carbocycles. The van der Waals surface area contributed by atoms with E-state index in [0.29, 0.717) is 5.56 Å². The van der Waals surface area contributed by atoms with Gasteiger partial charge in [0.25, 0.3) is 5.91 Å². The molecule has 7 heteroatoms. The average molecular weight is 301 g/mol. The Morgan fingerprint density at radius 1 is 1.25 bits per heavy atom. The van der Waals surface area contributed by atoms with Crippen molar-refractivity contribution < 1.29 is 22.7 Å². The van der Waals surface area contributed by atoms with Gasteiger partial charge >= 0.3 is 6.36 Å². The van der Waals surface area contributed by atoms with E-state index in [-0.39, 0.29) is 23.8 Å². The van der Waals surface area contributed by atoms with E-state index < -0.39 is 6.36 Å². The number of halogens is 3. The number of carbonyl (C=O) groups excluding carboxylic acids is 1. The van der Waals surface area contributed by atoms with Crippen LogP contribution in [0.2, 0.25) is 0 Å². The van der Waals surface area contributed by atoms with Crippen molar-refractivity contribution in [2.24, 2.45) is 0 Å². The van der Waals surface area contributed by atoms with Gasteiger partial charge in [0.2, 0.25) is 0 Å². The van der Waals surface area contributed by atoms with E-state index >= 15 is 0 Å². The summed E-state index contributed by atoms with van der Waals surface area (Å²) < 4.78 is 40.6. The third-order valence-electron chi connectivity index (χ3n) is 2.42. The van der Waals surface area contributed by atoms with E-state index in [4.69, 9.17) is 0 Å². The summed E-state index contributed by atoms with van der Waals surface area (Å²) in [7, 11) is 0. The summed E-state index contributed by atoms with van der Waals surface area (Å²) >= 11 is 1.37. The Balaban J connectivity index is 2.04. The zero-order valence-corrected chi connectivity index (χ0v) is 10.9. The number of carbonyl (C=O) groups is 1. The third-order valence-corrected chi connectivity index (χ3v) is 3.10. The van der Waals surface area contributed by atoms with E-state index in [0.717, 1.165) is 0 Å². The number of hydrogen-bond donors (Lipinski definition) is 1. The van der Waals surface area contributed by atoms with Crippen LogP contribution in [0.15, 0.2) is 41.1 Å². The smallest absolute Gasteiger partial charge is 0.405 e. The number of amides is 1. The molecule has 20 heavy (non-hydrogen) atoms. The molecule has 2 rings (SSSR count). The van der Waals surface area contributed by atoms with Gasteiger partial charge in [-0.3, -0.25) is 4.79 Å². The van der Waals surface area contributed by atoms with Crippen molar-refractivity contribution in [1.29, 1.82) is 0 Å². The minimum absolute atomic E-state index is 0.0407. The van der Waals surface area contributed by atoms with Crippen LogP contribution in [-0.4, -0.2) is 12.3 Å². The van der Waals surface area contributed by atoms with Crippen molar-refractivity contribution in [3.63, 3.8) is 0 Å². The first-order chi connectivity index (χ1) is 9.46. The summed E-state index contributed by atoms with van der Waals surface area (Å²) in [5.74, 6) is -0.654. The summed E-state index contributed by atoms with van der Waals surface area (Å²) in [6.45, 7) is -0.0407. The van der Waals surface area contributed by atoms with Gasteiger partial charge in [-0.15, -0.1) is 13.2 Å². The van der Waals surface area contributed by atoms with Crippen LogP contribution in [0.3, 0.4) is 0 Å². The summed E-state index contributed by atoms with van der Waals surface area (Å²) in [6.07, 6.45) is -4.76. The molecule has 0 radical (unpaired) electrons. The molecule has 0 saturated carbocycles. The van der Waals surface area contributed by atoms with Crippen molar-refractivity contribution in [3.8, 4) is 5.75 Å². The summed E-state index contributed by atoms with van der Waals surface area (Å²) in [6, 6.07) is 7.33. The molecule has 106 valence electrons. The minimum Gasteiger partial charge on any atom is -0.405 e. The minimum atomic E-state index is -4.76. The molecule has 2 aromatic rings. The molecule has 0 bridgehead atoms. The fraction of sp³-hybridized carbons (Fsp3) is 0.154. The van der Waals surface area contributed by atoms with Gasteiger partial charge in [-0.05, 0) is 17.5 Å². The van der Waals surface area contributed by atoms with Crippen LogP contribution < -0.4 is 10.1 Å². The quantitative estimate of drug-likeness (QED) is 0.937. The number of thiophene rings is 1. The molecular weight excluding hydrogens is 291 g/mol. The number of hydrogen-bond acceptors (Lipinski definition) is 3. The Bertz CT molecular complexity index is 582. The molecule has 3 nitrogen and oxygen atoms in total. The van der Waals surface area contributed by atoms with E-state index in [1.165, 1.54) is 29.5 Å². The number of benzene rings is 1. The highest BCUT2D eigenvalue weighted by Crippen LogP contribution is 2.26. The molecule has 1 N–H and O–H groups in total. The Hall–Kier alpha value is -2.02. The van der Waals surface area contributed by atoms with Gasteiger partial charge in [0.15, 0.2) is 0 Å². The monoisotopic (exact) mass is 301 g/mol. The maximum atomic E-state index is 12.2. The molecule has 0 atom stereocenters. The number of para-hydroxylation sites is 1. The summed E-state index contributed by atoms with van der Waals surface area (Å²) in [4.78, 5) is 11.7. The Labute approximate surface area is 117 Å². The van der Waals surface area contributed by atoms with Crippen LogP contribution in [0.1, 0.15) is 15.9 Å². The first kappa shape index (κ1) is 14.4. The molecular formula is C13H10F3NO2S. The van der Waals surface area contributed by atoms with Gasteiger partial charge in [0, 0.05) is 23.1 Å². The zero-order valence-electron chi connectivity index (χ0n) is 10.1. The summed E-state index contributed by atoms with van der Waals surface area (Å²) in [5, 5.41) is 5.95. The SMILES string of the molecule is O=C(NCc1ccccc1OC(F)(F)F)c1ccsc1. The fourth-order valence-electron chi connectivity index (χ4n) is 1.55. The van der Waals surface area contributed by atoms with Crippen molar-refractivity contribution >= 4 is 17.2 Å². The molecule has 1 amide bonds. The van der Waals surface area contributed by atoms with Crippen LogP contribution >= 0.6 is 11.3 Å². The Kier molecular flexibility index (Phi) is 4.29. The first-order valence-corrected chi connectivity index (χ1v) is 6.54. The van der Waals surface area contributed by atoms with Crippen molar-refractivity contribution in [1.82, 2.24) is 5.32 Å². The predicted molar refractivity (Wildman–Crippen MR) is 68.6 cm³/mol. The van der Waals surface area contributed by atoms with Crippen molar-refractivity contribution in [2.45, 2.75) is 12.9 Å². The van der Waals surface area contributed by atoms with Gasteiger partial charge < -0.3 is 10.1 Å². The maximum Gasteiger partial charge on any atom is 0.573 e. The second-order valence-electron chi connectivity index (χ2n) is 3.85. The van der Waals surface area contributed by atoms with Gasteiger partial charge in [-0.25, -0.2) is 0 Å². The average Bonchev–Trinajstić information content (AvgIpc) is 2.89. The lowest BCUT2D eigenvalue weighted by Gasteiger charge is -2.13. The van der Waals surface area contributed by atoms with E-state index in [2.05, 4.69) is 10.1 Å².